The van der Waals surface area contributed by atoms with Gasteiger partial charge in [0.05, 0.1) is 10.7 Å². The average molecular weight is 332 g/mol. The minimum atomic E-state index is -0.227. The Hall–Kier alpha value is -2.00. The van der Waals surface area contributed by atoms with Gasteiger partial charge in [-0.2, -0.15) is 0 Å². The summed E-state index contributed by atoms with van der Waals surface area (Å²) in [5.74, 6) is 0.919. The third-order valence-electron chi connectivity index (χ3n) is 3.82. The molecular weight excluding hydrogens is 310 g/mol. The van der Waals surface area contributed by atoms with E-state index in [1.807, 2.05) is 43.3 Å². The SMILES string of the molecule is CCC(C)c1ccccc1OCC(=O)Nc1ccc(C)cc1Cl. The molecule has 0 saturated carbocycles. The Kier molecular flexibility index (Phi) is 6.05. The molecule has 4 heteroatoms. The van der Waals surface area contributed by atoms with E-state index in [-0.39, 0.29) is 12.5 Å². The summed E-state index contributed by atoms with van der Waals surface area (Å²) in [4.78, 5) is 12.1. The van der Waals surface area contributed by atoms with Crippen molar-refractivity contribution in [2.45, 2.75) is 33.1 Å². The summed E-state index contributed by atoms with van der Waals surface area (Å²) in [7, 11) is 0. The van der Waals surface area contributed by atoms with E-state index >= 15 is 0 Å². The Labute approximate surface area is 142 Å². The zero-order chi connectivity index (χ0) is 16.8. The second-order valence-electron chi connectivity index (χ2n) is 5.67. The number of hydrogen-bond donors (Lipinski definition) is 1. The molecule has 122 valence electrons. The maximum absolute atomic E-state index is 12.1. The predicted octanol–water partition coefficient (Wildman–Crippen LogP) is 5.18. The van der Waals surface area contributed by atoms with E-state index in [1.54, 1.807) is 6.07 Å². The first-order chi connectivity index (χ1) is 11.0. The standard InChI is InChI=1S/C19H22ClNO2/c1-4-14(3)15-7-5-6-8-18(15)23-12-19(22)21-17-10-9-13(2)11-16(17)20/h5-11,14H,4,12H2,1-3H3,(H,21,22). The summed E-state index contributed by atoms with van der Waals surface area (Å²) < 4.78 is 5.70. The topological polar surface area (TPSA) is 38.3 Å². The summed E-state index contributed by atoms with van der Waals surface area (Å²) in [6.45, 7) is 6.19. The Bertz CT molecular complexity index is 685. The van der Waals surface area contributed by atoms with Crippen molar-refractivity contribution in [1.82, 2.24) is 0 Å². The lowest BCUT2D eigenvalue weighted by Gasteiger charge is -2.15. The van der Waals surface area contributed by atoms with E-state index in [2.05, 4.69) is 19.2 Å². The molecule has 0 aromatic heterocycles. The number of rotatable bonds is 6. The molecule has 0 radical (unpaired) electrons. The molecule has 23 heavy (non-hydrogen) atoms. The van der Waals surface area contributed by atoms with Crippen LogP contribution in [-0.4, -0.2) is 12.5 Å². The largest absolute Gasteiger partial charge is 0.483 e. The third kappa shape index (κ3) is 4.73. The molecule has 2 aromatic rings. The summed E-state index contributed by atoms with van der Waals surface area (Å²) in [6, 6.07) is 13.3. The number of halogens is 1. The van der Waals surface area contributed by atoms with Gasteiger partial charge in [0.2, 0.25) is 0 Å². The van der Waals surface area contributed by atoms with Crippen molar-refractivity contribution in [1.29, 1.82) is 0 Å². The monoisotopic (exact) mass is 331 g/mol. The van der Waals surface area contributed by atoms with Gasteiger partial charge in [0, 0.05) is 0 Å². The molecule has 1 unspecified atom stereocenters. The number of para-hydroxylation sites is 1. The molecule has 0 heterocycles. The summed E-state index contributed by atoms with van der Waals surface area (Å²) in [5, 5.41) is 3.30. The van der Waals surface area contributed by atoms with Crippen LogP contribution in [0.1, 0.15) is 37.3 Å². The maximum atomic E-state index is 12.1. The van der Waals surface area contributed by atoms with Crippen LogP contribution in [0.15, 0.2) is 42.5 Å². The van der Waals surface area contributed by atoms with Gasteiger partial charge in [0.1, 0.15) is 5.75 Å². The molecule has 0 aliphatic carbocycles. The van der Waals surface area contributed by atoms with Gasteiger partial charge in [-0.05, 0) is 48.6 Å². The van der Waals surface area contributed by atoms with Crippen LogP contribution >= 0.6 is 11.6 Å². The molecule has 0 bridgehead atoms. The van der Waals surface area contributed by atoms with Crippen molar-refractivity contribution >= 4 is 23.2 Å². The summed E-state index contributed by atoms with van der Waals surface area (Å²) in [5.41, 5.74) is 2.77. The zero-order valence-electron chi connectivity index (χ0n) is 13.7. The van der Waals surface area contributed by atoms with Crippen LogP contribution in [0.2, 0.25) is 5.02 Å². The normalized spacial score (nSPS) is 11.8. The van der Waals surface area contributed by atoms with Gasteiger partial charge in [-0.3, -0.25) is 4.79 Å². The third-order valence-corrected chi connectivity index (χ3v) is 4.13. The molecule has 0 saturated heterocycles. The lowest BCUT2D eigenvalue weighted by molar-refractivity contribution is -0.118. The molecule has 0 aliphatic heterocycles. The highest BCUT2D eigenvalue weighted by Crippen LogP contribution is 2.28. The minimum absolute atomic E-state index is 0.0440. The summed E-state index contributed by atoms with van der Waals surface area (Å²) in [6.07, 6.45) is 1.02. The van der Waals surface area contributed by atoms with Crippen LogP contribution in [-0.2, 0) is 4.79 Å². The van der Waals surface area contributed by atoms with E-state index in [9.17, 15) is 4.79 Å². The fourth-order valence-corrected chi connectivity index (χ4v) is 2.57. The van der Waals surface area contributed by atoms with Crippen molar-refractivity contribution in [3.8, 4) is 5.75 Å². The molecule has 1 atom stereocenters. The van der Waals surface area contributed by atoms with Gasteiger partial charge in [0.15, 0.2) is 6.61 Å². The van der Waals surface area contributed by atoms with Crippen LogP contribution in [0.3, 0.4) is 0 Å². The smallest absolute Gasteiger partial charge is 0.262 e. The quantitative estimate of drug-likeness (QED) is 0.792. The van der Waals surface area contributed by atoms with Crippen LogP contribution in [0.25, 0.3) is 0 Å². The van der Waals surface area contributed by atoms with E-state index in [1.165, 1.54) is 0 Å². The van der Waals surface area contributed by atoms with Crippen LogP contribution in [0.5, 0.6) is 5.75 Å². The summed E-state index contributed by atoms with van der Waals surface area (Å²) >= 11 is 6.12. The second-order valence-corrected chi connectivity index (χ2v) is 6.07. The lowest BCUT2D eigenvalue weighted by atomic mass is 9.98. The first-order valence-corrected chi connectivity index (χ1v) is 8.16. The first kappa shape index (κ1) is 17.4. The number of amides is 1. The lowest BCUT2D eigenvalue weighted by Crippen LogP contribution is -2.20. The van der Waals surface area contributed by atoms with E-state index in [0.29, 0.717) is 16.6 Å². The van der Waals surface area contributed by atoms with Crippen molar-refractivity contribution in [3.63, 3.8) is 0 Å². The Morgan fingerprint density at radius 3 is 2.70 bits per heavy atom. The van der Waals surface area contributed by atoms with Gasteiger partial charge in [-0.1, -0.05) is 49.7 Å². The van der Waals surface area contributed by atoms with Gasteiger partial charge in [-0.25, -0.2) is 0 Å². The number of anilines is 1. The van der Waals surface area contributed by atoms with Crippen LogP contribution in [0, 0.1) is 6.92 Å². The maximum Gasteiger partial charge on any atom is 0.262 e. The van der Waals surface area contributed by atoms with Gasteiger partial charge in [-0.15, -0.1) is 0 Å². The second kappa shape index (κ2) is 8.02. The van der Waals surface area contributed by atoms with Gasteiger partial charge < -0.3 is 10.1 Å². The predicted molar refractivity (Wildman–Crippen MR) is 95.5 cm³/mol. The fraction of sp³-hybridized carbons (Fsp3) is 0.316. The number of ether oxygens (including phenoxy) is 1. The molecular formula is C19H22ClNO2. The average Bonchev–Trinajstić information content (AvgIpc) is 2.55. The molecule has 0 spiro atoms. The van der Waals surface area contributed by atoms with Gasteiger partial charge in [0.25, 0.3) is 5.91 Å². The molecule has 2 rings (SSSR count). The number of carbonyl (C=O) groups is 1. The number of carbonyl (C=O) groups excluding carboxylic acids is 1. The molecule has 1 N–H and O–H groups in total. The number of benzene rings is 2. The Morgan fingerprint density at radius 2 is 2.00 bits per heavy atom. The molecule has 0 fully saturated rings. The number of aryl methyl sites for hydroxylation is 1. The Balaban J connectivity index is 2.00. The molecule has 0 aliphatic rings. The molecule has 2 aromatic carbocycles. The molecule has 3 nitrogen and oxygen atoms in total. The van der Waals surface area contributed by atoms with Crippen LogP contribution in [0.4, 0.5) is 5.69 Å². The molecule has 1 amide bonds. The van der Waals surface area contributed by atoms with Crippen molar-refractivity contribution in [2.24, 2.45) is 0 Å². The van der Waals surface area contributed by atoms with E-state index in [4.69, 9.17) is 16.3 Å². The highest BCUT2D eigenvalue weighted by molar-refractivity contribution is 6.33. The van der Waals surface area contributed by atoms with E-state index in [0.717, 1.165) is 23.3 Å². The zero-order valence-corrected chi connectivity index (χ0v) is 14.5. The number of nitrogens with one attached hydrogen (secondary N) is 1. The van der Waals surface area contributed by atoms with Crippen molar-refractivity contribution in [2.75, 3.05) is 11.9 Å². The first-order valence-electron chi connectivity index (χ1n) is 7.79. The minimum Gasteiger partial charge on any atom is -0.483 e. The van der Waals surface area contributed by atoms with Crippen molar-refractivity contribution in [3.05, 3.63) is 58.6 Å². The highest BCUT2D eigenvalue weighted by Gasteiger charge is 2.12. The van der Waals surface area contributed by atoms with Gasteiger partial charge >= 0.3 is 0 Å². The van der Waals surface area contributed by atoms with Crippen LogP contribution < -0.4 is 10.1 Å². The fourth-order valence-electron chi connectivity index (χ4n) is 2.29. The highest BCUT2D eigenvalue weighted by atomic mass is 35.5. The Morgan fingerprint density at radius 1 is 1.26 bits per heavy atom. The van der Waals surface area contributed by atoms with Crippen molar-refractivity contribution < 1.29 is 9.53 Å². The number of hydrogen-bond acceptors (Lipinski definition) is 2. The van der Waals surface area contributed by atoms with E-state index < -0.39 is 0 Å².